The second kappa shape index (κ2) is 4.47. The summed E-state index contributed by atoms with van der Waals surface area (Å²) in [6.07, 6.45) is 3.92. The summed E-state index contributed by atoms with van der Waals surface area (Å²) >= 11 is 0. The topological polar surface area (TPSA) is 26.3 Å². The molecule has 2 aliphatic rings. The van der Waals surface area contributed by atoms with Crippen LogP contribution in [0.1, 0.15) is 53.4 Å². The van der Waals surface area contributed by atoms with Crippen LogP contribution in [0.4, 0.5) is 0 Å². The molecule has 1 heterocycles. The Kier molecular flexibility index (Phi) is 3.33. The number of carbonyl (C=O) groups excluding carboxylic acids is 1. The number of hydrogen-bond donors (Lipinski definition) is 0. The molecule has 0 aromatic rings. The summed E-state index contributed by atoms with van der Waals surface area (Å²) in [5.74, 6) is 2.18. The van der Waals surface area contributed by atoms with E-state index >= 15 is 0 Å². The van der Waals surface area contributed by atoms with Crippen LogP contribution in [0.25, 0.3) is 0 Å². The van der Waals surface area contributed by atoms with Crippen molar-refractivity contribution in [3.63, 3.8) is 0 Å². The van der Waals surface area contributed by atoms with Crippen LogP contribution in [-0.2, 0) is 9.53 Å². The standard InChI is InChI=1S/C15H24O2/c1-10(2)9-11-5-6-12-13(14(11)16)15(3,4)7-8-17-12/h10-11H,5-9H2,1-4H3. The lowest BCUT2D eigenvalue weighted by atomic mass is 9.69. The molecule has 0 fully saturated rings. The number of allylic oxidation sites excluding steroid dienone is 2. The zero-order valence-corrected chi connectivity index (χ0v) is 11.5. The zero-order chi connectivity index (χ0) is 12.6. The van der Waals surface area contributed by atoms with Gasteiger partial charge in [-0.1, -0.05) is 27.7 Å². The third-order valence-corrected chi connectivity index (χ3v) is 4.05. The van der Waals surface area contributed by atoms with E-state index < -0.39 is 0 Å². The maximum atomic E-state index is 12.6. The molecule has 0 amide bonds. The number of ether oxygens (including phenoxy) is 1. The van der Waals surface area contributed by atoms with Crippen LogP contribution in [0.3, 0.4) is 0 Å². The lowest BCUT2D eigenvalue weighted by Gasteiger charge is -2.39. The summed E-state index contributed by atoms with van der Waals surface area (Å²) < 4.78 is 5.70. The van der Waals surface area contributed by atoms with Gasteiger partial charge in [-0.2, -0.15) is 0 Å². The molecular weight excluding hydrogens is 212 g/mol. The van der Waals surface area contributed by atoms with E-state index in [2.05, 4.69) is 27.7 Å². The van der Waals surface area contributed by atoms with E-state index in [4.69, 9.17) is 4.74 Å². The average Bonchev–Trinajstić information content (AvgIpc) is 2.20. The zero-order valence-electron chi connectivity index (χ0n) is 11.5. The van der Waals surface area contributed by atoms with Gasteiger partial charge < -0.3 is 4.74 Å². The van der Waals surface area contributed by atoms with Gasteiger partial charge in [0, 0.05) is 17.9 Å². The Hall–Kier alpha value is -0.790. The largest absolute Gasteiger partial charge is 0.497 e. The first-order chi connectivity index (χ1) is 7.92. The highest BCUT2D eigenvalue weighted by molar-refractivity contribution is 5.99. The Morgan fingerprint density at radius 3 is 2.76 bits per heavy atom. The van der Waals surface area contributed by atoms with E-state index in [-0.39, 0.29) is 11.3 Å². The van der Waals surface area contributed by atoms with Gasteiger partial charge in [0.25, 0.3) is 0 Å². The van der Waals surface area contributed by atoms with Gasteiger partial charge in [-0.15, -0.1) is 0 Å². The summed E-state index contributed by atoms with van der Waals surface area (Å²) in [5, 5.41) is 0. The molecule has 1 unspecified atom stereocenters. The number of ketones is 1. The van der Waals surface area contributed by atoms with Crippen molar-refractivity contribution in [3.05, 3.63) is 11.3 Å². The molecule has 0 N–H and O–H groups in total. The van der Waals surface area contributed by atoms with E-state index in [1.807, 2.05) is 0 Å². The predicted octanol–water partition coefficient (Wildman–Crippen LogP) is 3.71. The molecule has 1 aliphatic carbocycles. The van der Waals surface area contributed by atoms with Gasteiger partial charge in [-0.25, -0.2) is 0 Å². The molecule has 1 aliphatic heterocycles. The quantitative estimate of drug-likeness (QED) is 0.730. The lowest BCUT2D eigenvalue weighted by molar-refractivity contribution is -0.122. The van der Waals surface area contributed by atoms with Gasteiger partial charge in [-0.05, 0) is 30.6 Å². The minimum absolute atomic E-state index is 0.0142. The van der Waals surface area contributed by atoms with Crippen molar-refractivity contribution in [1.82, 2.24) is 0 Å². The first-order valence-electron chi connectivity index (χ1n) is 6.82. The molecule has 1 atom stereocenters. The fourth-order valence-corrected chi connectivity index (χ4v) is 3.11. The Labute approximate surface area is 104 Å². The van der Waals surface area contributed by atoms with Crippen LogP contribution in [0.5, 0.6) is 0 Å². The van der Waals surface area contributed by atoms with Crippen molar-refractivity contribution >= 4 is 5.78 Å². The first-order valence-corrected chi connectivity index (χ1v) is 6.82. The van der Waals surface area contributed by atoms with Crippen LogP contribution < -0.4 is 0 Å². The molecule has 0 radical (unpaired) electrons. The van der Waals surface area contributed by atoms with E-state index in [1.165, 1.54) is 0 Å². The smallest absolute Gasteiger partial charge is 0.165 e. The van der Waals surface area contributed by atoms with E-state index in [9.17, 15) is 4.79 Å². The average molecular weight is 236 g/mol. The highest BCUT2D eigenvalue weighted by Crippen LogP contribution is 2.44. The summed E-state index contributed by atoms with van der Waals surface area (Å²) in [4.78, 5) is 12.6. The Bertz CT molecular complexity index is 350. The molecular formula is C15H24O2. The van der Waals surface area contributed by atoms with Crippen LogP contribution in [0, 0.1) is 17.3 Å². The normalized spacial score (nSPS) is 28.1. The van der Waals surface area contributed by atoms with E-state index in [1.54, 1.807) is 0 Å². The summed E-state index contributed by atoms with van der Waals surface area (Å²) in [7, 11) is 0. The van der Waals surface area contributed by atoms with Crippen molar-refractivity contribution in [3.8, 4) is 0 Å². The lowest BCUT2D eigenvalue weighted by Crippen LogP contribution is -2.36. The molecule has 0 bridgehead atoms. The monoisotopic (exact) mass is 236 g/mol. The van der Waals surface area contributed by atoms with Crippen LogP contribution in [0.2, 0.25) is 0 Å². The van der Waals surface area contributed by atoms with Gasteiger partial charge in [0.2, 0.25) is 0 Å². The number of Topliss-reactive ketones (excluding diaryl/α,β-unsaturated/α-hetero) is 1. The van der Waals surface area contributed by atoms with Crippen molar-refractivity contribution in [2.75, 3.05) is 6.61 Å². The Morgan fingerprint density at radius 1 is 1.41 bits per heavy atom. The predicted molar refractivity (Wildman–Crippen MR) is 68.6 cm³/mol. The molecule has 0 saturated carbocycles. The number of hydrogen-bond acceptors (Lipinski definition) is 2. The molecule has 0 spiro atoms. The van der Waals surface area contributed by atoms with Gasteiger partial charge >= 0.3 is 0 Å². The van der Waals surface area contributed by atoms with Gasteiger partial charge in [0.1, 0.15) is 5.76 Å². The molecule has 2 nitrogen and oxygen atoms in total. The van der Waals surface area contributed by atoms with Crippen molar-refractivity contribution in [1.29, 1.82) is 0 Å². The molecule has 0 aromatic heterocycles. The molecule has 0 saturated heterocycles. The minimum atomic E-state index is 0.0142. The number of rotatable bonds is 2. The molecule has 2 heteroatoms. The summed E-state index contributed by atoms with van der Waals surface area (Å²) in [5.41, 5.74) is 1.01. The maximum Gasteiger partial charge on any atom is 0.165 e. The fourth-order valence-electron chi connectivity index (χ4n) is 3.11. The second-order valence-corrected chi connectivity index (χ2v) is 6.51. The van der Waals surface area contributed by atoms with Gasteiger partial charge in [-0.3, -0.25) is 4.79 Å². The van der Waals surface area contributed by atoms with Crippen molar-refractivity contribution < 1.29 is 9.53 Å². The number of carbonyl (C=O) groups is 1. The SMILES string of the molecule is CC(C)CC1CCC2=C(C1=O)C(C)(C)CCO2. The summed E-state index contributed by atoms with van der Waals surface area (Å²) in [6, 6.07) is 0. The van der Waals surface area contributed by atoms with Crippen LogP contribution in [-0.4, -0.2) is 12.4 Å². The van der Waals surface area contributed by atoms with E-state index in [0.29, 0.717) is 11.7 Å². The van der Waals surface area contributed by atoms with Gasteiger partial charge in [0.05, 0.1) is 6.61 Å². The van der Waals surface area contributed by atoms with Crippen molar-refractivity contribution in [2.24, 2.45) is 17.3 Å². The molecule has 96 valence electrons. The Morgan fingerprint density at radius 2 is 2.12 bits per heavy atom. The fraction of sp³-hybridized carbons (Fsp3) is 0.800. The minimum Gasteiger partial charge on any atom is -0.497 e. The van der Waals surface area contributed by atoms with Crippen LogP contribution in [0.15, 0.2) is 11.3 Å². The molecule has 17 heavy (non-hydrogen) atoms. The van der Waals surface area contributed by atoms with Crippen molar-refractivity contribution in [2.45, 2.75) is 53.4 Å². The highest BCUT2D eigenvalue weighted by Gasteiger charge is 2.41. The third kappa shape index (κ3) is 2.41. The Balaban J connectivity index is 2.26. The molecule has 2 rings (SSSR count). The van der Waals surface area contributed by atoms with E-state index in [0.717, 1.165) is 43.6 Å². The summed E-state index contributed by atoms with van der Waals surface area (Å²) in [6.45, 7) is 9.52. The molecule has 0 aromatic carbocycles. The second-order valence-electron chi connectivity index (χ2n) is 6.51. The highest BCUT2D eigenvalue weighted by atomic mass is 16.5. The van der Waals surface area contributed by atoms with Crippen LogP contribution >= 0.6 is 0 Å². The maximum absolute atomic E-state index is 12.6. The first kappa shape index (κ1) is 12.7. The van der Waals surface area contributed by atoms with Gasteiger partial charge in [0.15, 0.2) is 5.78 Å². The third-order valence-electron chi connectivity index (χ3n) is 4.05.